The Morgan fingerprint density at radius 3 is 2.50 bits per heavy atom. The Bertz CT molecular complexity index is 581. The number of hydrogen-bond donors (Lipinski definition) is 1. The van der Waals surface area contributed by atoms with Gasteiger partial charge >= 0.3 is 6.09 Å². The molecule has 1 aliphatic heterocycles. The molecule has 1 saturated heterocycles. The average Bonchev–Trinajstić information content (AvgIpc) is 2.56. The highest BCUT2D eigenvalue weighted by Gasteiger charge is 2.22. The smallest absolute Gasteiger partial charge is 0.409 e. The molecule has 1 N–H and O–H groups in total. The van der Waals surface area contributed by atoms with Crippen molar-refractivity contribution >= 4 is 17.7 Å². The Morgan fingerprint density at radius 2 is 1.88 bits per heavy atom. The summed E-state index contributed by atoms with van der Waals surface area (Å²) < 4.78 is 5.01. The second kappa shape index (κ2) is 8.68. The summed E-state index contributed by atoms with van der Waals surface area (Å²) in [5.41, 5.74) is 3.13. The predicted molar refractivity (Wildman–Crippen MR) is 94.2 cm³/mol. The van der Waals surface area contributed by atoms with Gasteiger partial charge in [0, 0.05) is 44.8 Å². The molecular weight excluding hydrogens is 306 g/mol. The first kappa shape index (κ1) is 18.3. The summed E-state index contributed by atoms with van der Waals surface area (Å²) >= 11 is 0. The van der Waals surface area contributed by atoms with Gasteiger partial charge in [-0.05, 0) is 32.4 Å². The van der Waals surface area contributed by atoms with Crippen LogP contribution >= 0.6 is 0 Å². The Labute approximate surface area is 143 Å². The molecule has 132 valence electrons. The number of hydrogen-bond acceptors (Lipinski definition) is 4. The lowest BCUT2D eigenvalue weighted by atomic mass is 10.1. The van der Waals surface area contributed by atoms with Crippen molar-refractivity contribution in [3.8, 4) is 0 Å². The molecule has 24 heavy (non-hydrogen) atoms. The topological polar surface area (TPSA) is 61.9 Å². The number of carbonyl (C=O) groups is 2. The van der Waals surface area contributed by atoms with Crippen LogP contribution in [-0.2, 0) is 9.53 Å². The van der Waals surface area contributed by atoms with E-state index < -0.39 is 0 Å². The minimum atomic E-state index is -0.246. The summed E-state index contributed by atoms with van der Waals surface area (Å²) in [6.07, 6.45) is 0.206. The van der Waals surface area contributed by atoms with Crippen LogP contribution in [0.4, 0.5) is 10.5 Å². The average molecular weight is 333 g/mol. The van der Waals surface area contributed by atoms with E-state index >= 15 is 0 Å². The standard InChI is InChI=1S/C18H27N3O3/c1-4-24-18(23)21-11-9-20(10-12-21)8-7-17(22)19-16-6-5-14(2)13-15(16)3/h5-6,13H,4,7-12H2,1-3H3,(H,19,22). The SMILES string of the molecule is CCOC(=O)N1CCN(CCC(=O)Nc2ccc(C)cc2C)CC1. The van der Waals surface area contributed by atoms with Crippen LogP contribution in [0.3, 0.4) is 0 Å². The number of nitrogens with one attached hydrogen (secondary N) is 1. The molecule has 2 rings (SSSR count). The van der Waals surface area contributed by atoms with Crippen molar-refractivity contribution in [1.82, 2.24) is 9.80 Å². The van der Waals surface area contributed by atoms with E-state index in [1.165, 1.54) is 5.56 Å². The fourth-order valence-electron chi connectivity index (χ4n) is 2.80. The summed E-state index contributed by atoms with van der Waals surface area (Å²) in [4.78, 5) is 27.7. The number of piperazine rings is 1. The molecule has 0 unspecified atom stereocenters. The number of aryl methyl sites for hydroxylation is 2. The van der Waals surface area contributed by atoms with Crippen molar-refractivity contribution in [2.45, 2.75) is 27.2 Å². The van der Waals surface area contributed by atoms with E-state index in [9.17, 15) is 9.59 Å². The number of anilines is 1. The van der Waals surface area contributed by atoms with Gasteiger partial charge in [0.2, 0.25) is 5.91 Å². The third kappa shape index (κ3) is 5.23. The number of nitrogens with zero attached hydrogens (tertiary/aromatic N) is 2. The summed E-state index contributed by atoms with van der Waals surface area (Å²) in [7, 11) is 0. The molecule has 1 fully saturated rings. The Hall–Kier alpha value is -2.08. The second-order valence-electron chi connectivity index (χ2n) is 6.14. The van der Waals surface area contributed by atoms with E-state index in [2.05, 4.69) is 16.3 Å². The summed E-state index contributed by atoms with van der Waals surface area (Å²) in [5, 5.41) is 2.97. The first-order chi connectivity index (χ1) is 11.5. The number of benzene rings is 1. The molecule has 1 aromatic carbocycles. The predicted octanol–water partition coefficient (Wildman–Crippen LogP) is 2.41. The zero-order chi connectivity index (χ0) is 17.5. The molecule has 0 aliphatic carbocycles. The lowest BCUT2D eigenvalue weighted by Gasteiger charge is -2.33. The van der Waals surface area contributed by atoms with Gasteiger partial charge in [-0.15, -0.1) is 0 Å². The molecule has 0 radical (unpaired) electrons. The lowest BCUT2D eigenvalue weighted by molar-refractivity contribution is -0.116. The van der Waals surface area contributed by atoms with Crippen molar-refractivity contribution in [2.75, 3.05) is 44.6 Å². The second-order valence-corrected chi connectivity index (χ2v) is 6.14. The van der Waals surface area contributed by atoms with Crippen LogP contribution in [0.5, 0.6) is 0 Å². The van der Waals surface area contributed by atoms with Crippen molar-refractivity contribution in [3.05, 3.63) is 29.3 Å². The first-order valence-electron chi connectivity index (χ1n) is 8.50. The maximum absolute atomic E-state index is 12.1. The molecular formula is C18H27N3O3. The third-order valence-electron chi connectivity index (χ3n) is 4.21. The Morgan fingerprint density at radius 1 is 1.17 bits per heavy atom. The molecule has 0 bridgehead atoms. The zero-order valence-corrected chi connectivity index (χ0v) is 14.8. The van der Waals surface area contributed by atoms with Crippen LogP contribution < -0.4 is 5.32 Å². The van der Waals surface area contributed by atoms with E-state index in [4.69, 9.17) is 4.74 Å². The van der Waals surface area contributed by atoms with Crippen LogP contribution in [-0.4, -0.2) is 61.1 Å². The minimum Gasteiger partial charge on any atom is -0.450 e. The van der Waals surface area contributed by atoms with E-state index in [1.807, 2.05) is 32.9 Å². The molecule has 0 saturated carbocycles. The van der Waals surface area contributed by atoms with Crippen LogP contribution in [0.15, 0.2) is 18.2 Å². The van der Waals surface area contributed by atoms with Crippen molar-refractivity contribution in [3.63, 3.8) is 0 Å². The Balaban J connectivity index is 1.72. The summed E-state index contributed by atoms with van der Waals surface area (Å²) in [6.45, 7) is 9.79. The van der Waals surface area contributed by atoms with Gasteiger partial charge in [0.15, 0.2) is 0 Å². The maximum atomic E-state index is 12.1. The molecule has 1 aliphatic rings. The van der Waals surface area contributed by atoms with E-state index in [0.29, 0.717) is 32.7 Å². The van der Waals surface area contributed by atoms with Gasteiger partial charge in [0.05, 0.1) is 6.61 Å². The zero-order valence-electron chi connectivity index (χ0n) is 14.8. The molecule has 6 heteroatoms. The van der Waals surface area contributed by atoms with Crippen LogP contribution in [0, 0.1) is 13.8 Å². The minimum absolute atomic E-state index is 0.0229. The number of ether oxygens (including phenoxy) is 1. The molecule has 0 aromatic heterocycles. The number of carbonyl (C=O) groups excluding carboxylic acids is 2. The number of amides is 2. The van der Waals surface area contributed by atoms with Gasteiger partial charge in [-0.1, -0.05) is 17.7 Å². The monoisotopic (exact) mass is 333 g/mol. The van der Waals surface area contributed by atoms with Crippen LogP contribution in [0.1, 0.15) is 24.5 Å². The Kier molecular flexibility index (Phi) is 6.61. The van der Waals surface area contributed by atoms with Gasteiger partial charge in [-0.2, -0.15) is 0 Å². The fourth-order valence-corrected chi connectivity index (χ4v) is 2.80. The molecule has 2 amide bonds. The molecule has 1 aromatic rings. The van der Waals surface area contributed by atoms with Crippen molar-refractivity contribution in [2.24, 2.45) is 0 Å². The lowest BCUT2D eigenvalue weighted by Crippen LogP contribution is -2.49. The highest BCUT2D eigenvalue weighted by Crippen LogP contribution is 2.16. The van der Waals surface area contributed by atoms with Crippen molar-refractivity contribution < 1.29 is 14.3 Å². The van der Waals surface area contributed by atoms with Crippen LogP contribution in [0.25, 0.3) is 0 Å². The maximum Gasteiger partial charge on any atom is 0.409 e. The van der Waals surface area contributed by atoms with Gasteiger partial charge < -0.3 is 15.0 Å². The number of rotatable bonds is 5. The highest BCUT2D eigenvalue weighted by atomic mass is 16.6. The van der Waals surface area contributed by atoms with Crippen LogP contribution in [0.2, 0.25) is 0 Å². The molecule has 0 spiro atoms. The van der Waals surface area contributed by atoms with Gasteiger partial charge in [-0.25, -0.2) is 4.79 Å². The molecule has 1 heterocycles. The largest absolute Gasteiger partial charge is 0.450 e. The fraction of sp³-hybridized carbons (Fsp3) is 0.556. The first-order valence-corrected chi connectivity index (χ1v) is 8.50. The quantitative estimate of drug-likeness (QED) is 0.899. The molecule has 0 atom stereocenters. The van der Waals surface area contributed by atoms with E-state index in [0.717, 1.165) is 24.3 Å². The summed E-state index contributed by atoms with van der Waals surface area (Å²) in [5.74, 6) is 0.0229. The molecule has 6 nitrogen and oxygen atoms in total. The van der Waals surface area contributed by atoms with E-state index in [1.54, 1.807) is 4.90 Å². The van der Waals surface area contributed by atoms with Gasteiger partial charge in [0.25, 0.3) is 0 Å². The third-order valence-corrected chi connectivity index (χ3v) is 4.21. The highest BCUT2D eigenvalue weighted by molar-refractivity contribution is 5.91. The van der Waals surface area contributed by atoms with Gasteiger partial charge in [-0.3, -0.25) is 9.69 Å². The van der Waals surface area contributed by atoms with Crippen molar-refractivity contribution in [1.29, 1.82) is 0 Å². The van der Waals surface area contributed by atoms with Gasteiger partial charge in [0.1, 0.15) is 0 Å². The normalized spacial score (nSPS) is 15.2. The van der Waals surface area contributed by atoms with E-state index in [-0.39, 0.29) is 12.0 Å². The summed E-state index contributed by atoms with van der Waals surface area (Å²) in [6, 6.07) is 6.00.